The Hall–Kier alpha value is -2.74. The lowest BCUT2D eigenvalue weighted by molar-refractivity contribution is -0.141. The van der Waals surface area contributed by atoms with E-state index in [-0.39, 0.29) is 16.8 Å². The third-order valence-electron chi connectivity index (χ3n) is 3.30. The van der Waals surface area contributed by atoms with Crippen LogP contribution in [-0.4, -0.2) is 15.1 Å². The molecule has 4 nitrogen and oxygen atoms in total. The molecule has 0 aliphatic rings. The highest BCUT2D eigenvalue weighted by Gasteiger charge is 2.33. The number of thiocarbonyl (C=S) groups is 1. The monoisotopic (exact) mass is 348 g/mol. The van der Waals surface area contributed by atoms with Crippen LogP contribution in [0.3, 0.4) is 0 Å². The number of fused-ring (bicyclic) bond motifs is 1. The topological polar surface area (TPSA) is 63.8 Å². The van der Waals surface area contributed by atoms with E-state index in [0.717, 1.165) is 16.8 Å². The lowest BCUT2D eigenvalue weighted by Crippen LogP contribution is -2.22. The lowest BCUT2D eigenvalue weighted by atomic mass is 10.0. The predicted octanol–water partition coefficient (Wildman–Crippen LogP) is 3.97. The van der Waals surface area contributed by atoms with Gasteiger partial charge in [-0.3, -0.25) is 0 Å². The quantitative estimate of drug-likeness (QED) is 0.686. The van der Waals surface area contributed by atoms with E-state index in [4.69, 9.17) is 5.73 Å². The fourth-order valence-corrected chi connectivity index (χ4v) is 2.35. The molecule has 1 aromatic heterocycles. The van der Waals surface area contributed by atoms with Gasteiger partial charge in [0, 0.05) is 5.56 Å². The van der Waals surface area contributed by atoms with E-state index in [2.05, 4.69) is 27.5 Å². The molecule has 3 rings (SSSR count). The number of hydrogen-bond donors (Lipinski definition) is 2. The normalized spacial score (nSPS) is 11.5. The van der Waals surface area contributed by atoms with Gasteiger partial charge in [-0.05, 0) is 35.1 Å². The van der Waals surface area contributed by atoms with Crippen molar-refractivity contribution >= 4 is 34.1 Å². The summed E-state index contributed by atoms with van der Waals surface area (Å²) < 4.78 is 39.2. The van der Waals surface area contributed by atoms with Gasteiger partial charge in [-0.25, -0.2) is 9.97 Å². The number of anilines is 1. The number of alkyl halides is 3. The van der Waals surface area contributed by atoms with Crippen LogP contribution >= 0.6 is 12.2 Å². The van der Waals surface area contributed by atoms with E-state index >= 15 is 0 Å². The maximum absolute atomic E-state index is 13.1. The second-order valence-electron chi connectivity index (χ2n) is 5.01. The standard InChI is InChI=1S/C16H11F3N4S/c17-16(18,19)13-8-12(21-15(22-13)23-14(20)24)11-6-5-9-3-1-2-4-10(9)7-11/h1-8H,(H3,20,21,22,23,24). The molecule has 0 atom stereocenters. The first-order valence-corrected chi connectivity index (χ1v) is 7.26. The fourth-order valence-electron chi connectivity index (χ4n) is 2.26. The number of aromatic nitrogens is 2. The molecule has 1 heterocycles. The Balaban J connectivity index is 2.15. The summed E-state index contributed by atoms with van der Waals surface area (Å²) >= 11 is 4.64. The molecule has 0 radical (unpaired) electrons. The SMILES string of the molecule is NC(=S)Nc1nc(-c2ccc3ccccc3c2)cc(C(F)(F)F)n1. The largest absolute Gasteiger partial charge is 0.433 e. The first kappa shape index (κ1) is 16.1. The zero-order valence-corrected chi connectivity index (χ0v) is 12.9. The minimum atomic E-state index is -4.61. The highest BCUT2D eigenvalue weighted by molar-refractivity contribution is 7.80. The van der Waals surface area contributed by atoms with Gasteiger partial charge in [0.2, 0.25) is 5.95 Å². The van der Waals surface area contributed by atoms with Crippen molar-refractivity contribution in [3.05, 3.63) is 54.2 Å². The summed E-state index contributed by atoms with van der Waals surface area (Å²) in [7, 11) is 0. The Bertz CT molecular complexity index is 925. The molecule has 0 saturated heterocycles. The van der Waals surface area contributed by atoms with Crippen molar-refractivity contribution < 1.29 is 13.2 Å². The summed E-state index contributed by atoms with van der Waals surface area (Å²) in [5.41, 5.74) is 4.90. The number of hydrogen-bond acceptors (Lipinski definition) is 3. The second kappa shape index (κ2) is 6.04. The summed E-state index contributed by atoms with van der Waals surface area (Å²) in [5.74, 6) is -0.291. The van der Waals surface area contributed by atoms with Crippen molar-refractivity contribution in [3.63, 3.8) is 0 Å². The third-order valence-corrected chi connectivity index (χ3v) is 3.40. The number of nitrogens with zero attached hydrogens (tertiary/aromatic N) is 2. The Morgan fingerprint density at radius 3 is 2.38 bits per heavy atom. The van der Waals surface area contributed by atoms with Crippen molar-refractivity contribution in [2.75, 3.05) is 5.32 Å². The molecule has 0 aliphatic carbocycles. The molecule has 3 N–H and O–H groups in total. The first-order chi connectivity index (χ1) is 11.3. The van der Waals surface area contributed by atoms with E-state index in [9.17, 15) is 13.2 Å². The molecule has 0 unspecified atom stereocenters. The molecule has 0 saturated carbocycles. The number of nitrogens with two attached hydrogens (primary N) is 1. The van der Waals surface area contributed by atoms with Crippen LogP contribution in [0.25, 0.3) is 22.0 Å². The lowest BCUT2D eigenvalue weighted by Gasteiger charge is -2.11. The van der Waals surface area contributed by atoms with Gasteiger partial charge >= 0.3 is 6.18 Å². The van der Waals surface area contributed by atoms with E-state index in [0.29, 0.717) is 5.56 Å². The minimum absolute atomic E-state index is 0.127. The number of rotatable bonds is 2. The van der Waals surface area contributed by atoms with Crippen molar-refractivity contribution in [1.82, 2.24) is 9.97 Å². The summed E-state index contributed by atoms with van der Waals surface area (Å²) in [4.78, 5) is 7.49. The molecule has 0 aliphatic heterocycles. The third kappa shape index (κ3) is 3.43. The molecule has 2 aromatic carbocycles. The van der Waals surface area contributed by atoms with Gasteiger partial charge in [0.05, 0.1) is 5.69 Å². The van der Waals surface area contributed by atoms with Gasteiger partial charge in [-0.2, -0.15) is 13.2 Å². The van der Waals surface area contributed by atoms with Crippen LogP contribution in [0.5, 0.6) is 0 Å². The number of halogens is 3. The Morgan fingerprint density at radius 2 is 1.71 bits per heavy atom. The van der Waals surface area contributed by atoms with E-state index in [1.165, 1.54) is 0 Å². The van der Waals surface area contributed by atoms with Gasteiger partial charge in [-0.1, -0.05) is 36.4 Å². The van der Waals surface area contributed by atoms with Gasteiger partial charge in [0.1, 0.15) is 0 Å². The molecule has 0 fully saturated rings. The van der Waals surface area contributed by atoms with Crippen LogP contribution in [0.1, 0.15) is 5.69 Å². The molecule has 0 amide bonds. The van der Waals surface area contributed by atoms with Gasteiger partial charge in [0.15, 0.2) is 10.8 Å². The van der Waals surface area contributed by atoms with Crippen LogP contribution in [0.2, 0.25) is 0 Å². The van der Waals surface area contributed by atoms with E-state index < -0.39 is 11.9 Å². The summed E-state index contributed by atoms with van der Waals surface area (Å²) in [6.45, 7) is 0. The maximum atomic E-state index is 13.1. The highest BCUT2D eigenvalue weighted by Crippen LogP contribution is 2.32. The van der Waals surface area contributed by atoms with Crippen LogP contribution in [0, 0.1) is 0 Å². The maximum Gasteiger partial charge on any atom is 0.433 e. The molecular formula is C16H11F3N4S. The molecular weight excluding hydrogens is 337 g/mol. The molecule has 24 heavy (non-hydrogen) atoms. The van der Waals surface area contributed by atoms with Gasteiger partial charge in [0.25, 0.3) is 0 Å². The Kier molecular flexibility index (Phi) is 4.06. The fraction of sp³-hybridized carbons (Fsp3) is 0.0625. The molecule has 3 aromatic rings. The molecule has 8 heteroatoms. The van der Waals surface area contributed by atoms with Crippen molar-refractivity contribution in [2.24, 2.45) is 5.73 Å². The Labute approximate surface area is 140 Å². The number of benzene rings is 2. The molecule has 0 spiro atoms. The summed E-state index contributed by atoms with van der Waals surface area (Å²) in [5, 5.41) is 4.02. The smallest absolute Gasteiger partial charge is 0.376 e. The van der Waals surface area contributed by atoms with Crippen LogP contribution in [-0.2, 0) is 6.18 Å². The summed E-state index contributed by atoms with van der Waals surface area (Å²) in [6.07, 6.45) is -4.61. The zero-order chi connectivity index (χ0) is 17.3. The predicted molar refractivity (Wildman–Crippen MR) is 90.4 cm³/mol. The van der Waals surface area contributed by atoms with Gasteiger partial charge in [-0.15, -0.1) is 0 Å². The minimum Gasteiger partial charge on any atom is -0.376 e. The van der Waals surface area contributed by atoms with Crippen molar-refractivity contribution in [1.29, 1.82) is 0 Å². The van der Waals surface area contributed by atoms with Crippen LogP contribution in [0.15, 0.2) is 48.5 Å². The van der Waals surface area contributed by atoms with Crippen molar-refractivity contribution in [3.8, 4) is 11.3 Å². The van der Waals surface area contributed by atoms with Crippen molar-refractivity contribution in [2.45, 2.75) is 6.18 Å². The molecule has 0 bridgehead atoms. The van der Waals surface area contributed by atoms with Gasteiger partial charge < -0.3 is 11.1 Å². The first-order valence-electron chi connectivity index (χ1n) is 6.85. The zero-order valence-electron chi connectivity index (χ0n) is 12.1. The number of nitrogens with one attached hydrogen (secondary N) is 1. The van der Waals surface area contributed by atoms with Crippen LogP contribution in [0.4, 0.5) is 19.1 Å². The highest BCUT2D eigenvalue weighted by atomic mass is 32.1. The second-order valence-corrected chi connectivity index (χ2v) is 5.45. The molecule has 122 valence electrons. The Morgan fingerprint density at radius 1 is 1.00 bits per heavy atom. The van der Waals surface area contributed by atoms with E-state index in [1.807, 2.05) is 30.3 Å². The van der Waals surface area contributed by atoms with E-state index in [1.54, 1.807) is 12.1 Å². The average Bonchev–Trinajstić information content (AvgIpc) is 2.52. The van der Waals surface area contributed by atoms with Crippen LogP contribution < -0.4 is 11.1 Å². The average molecular weight is 348 g/mol. The summed E-state index contributed by atoms with van der Waals surface area (Å²) in [6, 6.07) is 13.7.